The van der Waals surface area contributed by atoms with E-state index in [1.54, 1.807) is 12.1 Å². The van der Waals surface area contributed by atoms with E-state index in [4.69, 9.17) is 15.6 Å². The number of aliphatic hydroxyl groups is 1. The molecule has 0 saturated heterocycles. The van der Waals surface area contributed by atoms with Gasteiger partial charge >= 0.3 is 0 Å². The smallest absolute Gasteiger partial charge is 0.239 e. The third-order valence-electron chi connectivity index (χ3n) is 2.94. The van der Waals surface area contributed by atoms with E-state index in [2.05, 4.69) is 10.3 Å². The minimum Gasteiger partial charge on any atom is -0.439 e. The Labute approximate surface area is 130 Å². The highest BCUT2D eigenvalue weighted by atomic mass is 19.2. The summed E-state index contributed by atoms with van der Waals surface area (Å²) in [5.74, 6) is -2.35. The Morgan fingerprint density at radius 2 is 2.13 bits per heavy atom. The number of benzene rings is 1. The van der Waals surface area contributed by atoms with Crippen LogP contribution in [0.2, 0.25) is 0 Å². The molecule has 0 aliphatic carbocycles. The molecule has 2 aromatic rings. The van der Waals surface area contributed by atoms with E-state index in [1.807, 2.05) is 0 Å². The molecule has 0 aliphatic rings. The van der Waals surface area contributed by atoms with Crippen LogP contribution in [0.25, 0.3) is 0 Å². The number of hydrogen-bond donors (Lipinski definition) is 3. The van der Waals surface area contributed by atoms with Crippen molar-refractivity contribution in [2.75, 3.05) is 6.61 Å². The minimum absolute atomic E-state index is 0.0549. The van der Waals surface area contributed by atoms with Gasteiger partial charge in [-0.15, -0.1) is 0 Å². The first-order valence-electron chi connectivity index (χ1n) is 6.72. The van der Waals surface area contributed by atoms with E-state index >= 15 is 0 Å². The van der Waals surface area contributed by atoms with Crippen LogP contribution in [0.1, 0.15) is 5.56 Å². The Kier molecular flexibility index (Phi) is 5.56. The van der Waals surface area contributed by atoms with E-state index in [-0.39, 0.29) is 18.2 Å². The highest BCUT2D eigenvalue weighted by Crippen LogP contribution is 2.24. The summed E-state index contributed by atoms with van der Waals surface area (Å²) in [6.07, 6.45) is 1.46. The van der Waals surface area contributed by atoms with Crippen LogP contribution in [0.15, 0.2) is 36.5 Å². The summed E-state index contributed by atoms with van der Waals surface area (Å²) < 4.78 is 31.5. The molecule has 0 radical (unpaired) electrons. The molecule has 0 aliphatic heterocycles. The lowest BCUT2D eigenvalue weighted by Gasteiger charge is -2.12. The van der Waals surface area contributed by atoms with E-state index in [9.17, 15) is 13.6 Å². The first-order valence-corrected chi connectivity index (χ1v) is 6.72. The highest BCUT2D eigenvalue weighted by Gasteiger charge is 2.13. The van der Waals surface area contributed by atoms with Crippen molar-refractivity contribution in [1.82, 2.24) is 10.3 Å². The van der Waals surface area contributed by atoms with Crippen LogP contribution in [-0.4, -0.2) is 28.6 Å². The zero-order valence-electron chi connectivity index (χ0n) is 12.0. The van der Waals surface area contributed by atoms with Gasteiger partial charge in [0.15, 0.2) is 11.6 Å². The van der Waals surface area contributed by atoms with Gasteiger partial charge in [0, 0.05) is 24.4 Å². The van der Waals surface area contributed by atoms with Crippen molar-refractivity contribution in [2.45, 2.75) is 12.6 Å². The average molecular weight is 323 g/mol. The standard InChI is InChI=1S/C15H15F2N3O3/c16-11-4-3-10(6-12(11)17)23-15-9(2-1-5-19-15)7-20-14(22)13(18)8-21/h1-6,13,21H,7-8,18H2,(H,20,22)/t13-/m0/s1. The van der Waals surface area contributed by atoms with Gasteiger partial charge < -0.3 is 20.9 Å². The number of hydrogen-bond acceptors (Lipinski definition) is 5. The maximum absolute atomic E-state index is 13.2. The number of amides is 1. The zero-order chi connectivity index (χ0) is 16.8. The molecule has 2 rings (SSSR count). The van der Waals surface area contributed by atoms with Crippen molar-refractivity contribution in [3.05, 3.63) is 53.7 Å². The lowest BCUT2D eigenvalue weighted by molar-refractivity contribution is -0.123. The third kappa shape index (κ3) is 4.44. The van der Waals surface area contributed by atoms with Gasteiger partial charge in [0.2, 0.25) is 11.8 Å². The average Bonchev–Trinajstić information content (AvgIpc) is 2.56. The fourth-order valence-electron chi connectivity index (χ4n) is 1.70. The fourth-order valence-corrected chi connectivity index (χ4v) is 1.70. The van der Waals surface area contributed by atoms with Crippen LogP contribution in [0.3, 0.4) is 0 Å². The molecule has 0 spiro atoms. The lowest BCUT2D eigenvalue weighted by Crippen LogP contribution is -2.42. The predicted molar refractivity (Wildman–Crippen MR) is 77.6 cm³/mol. The van der Waals surface area contributed by atoms with Gasteiger partial charge in [-0.3, -0.25) is 4.79 Å². The van der Waals surface area contributed by atoms with Crippen molar-refractivity contribution < 1.29 is 23.4 Å². The molecular weight excluding hydrogens is 308 g/mol. The number of ether oxygens (including phenoxy) is 1. The monoisotopic (exact) mass is 323 g/mol. The zero-order valence-corrected chi connectivity index (χ0v) is 12.0. The van der Waals surface area contributed by atoms with E-state index < -0.39 is 30.2 Å². The number of nitrogens with two attached hydrogens (primary N) is 1. The fraction of sp³-hybridized carbons (Fsp3) is 0.200. The van der Waals surface area contributed by atoms with Gasteiger partial charge in [0.25, 0.3) is 0 Å². The second-order valence-corrected chi connectivity index (χ2v) is 4.65. The highest BCUT2D eigenvalue weighted by molar-refractivity contribution is 5.81. The molecule has 1 amide bonds. The summed E-state index contributed by atoms with van der Waals surface area (Å²) >= 11 is 0. The Hall–Kier alpha value is -2.58. The van der Waals surface area contributed by atoms with Crippen molar-refractivity contribution in [3.8, 4) is 11.6 Å². The topological polar surface area (TPSA) is 97.5 Å². The minimum atomic E-state index is -1.04. The predicted octanol–water partition coefficient (Wildman–Crippen LogP) is 1.09. The molecule has 122 valence electrons. The largest absolute Gasteiger partial charge is 0.439 e. The Balaban J connectivity index is 2.11. The van der Waals surface area contributed by atoms with Crippen LogP contribution in [-0.2, 0) is 11.3 Å². The van der Waals surface area contributed by atoms with Gasteiger partial charge in [-0.25, -0.2) is 13.8 Å². The number of aliphatic hydroxyl groups excluding tert-OH is 1. The van der Waals surface area contributed by atoms with Crippen molar-refractivity contribution in [3.63, 3.8) is 0 Å². The Morgan fingerprint density at radius 3 is 2.83 bits per heavy atom. The molecule has 4 N–H and O–H groups in total. The first-order chi connectivity index (χ1) is 11.0. The third-order valence-corrected chi connectivity index (χ3v) is 2.94. The summed E-state index contributed by atoms with van der Waals surface area (Å²) in [4.78, 5) is 15.5. The maximum atomic E-state index is 13.2. The SMILES string of the molecule is N[C@@H](CO)C(=O)NCc1cccnc1Oc1ccc(F)c(F)c1. The first kappa shape index (κ1) is 16.8. The van der Waals surface area contributed by atoms with Crippen LogP contribution < -0.4 is 15.8 Å². The van der Waals surface area contributed by atoms with Gasteiger partial charge in [-0.1, -0.05) is 6.07 Å². The molecule has 0 unspecified atom stereocenters. The molecule has 1 atom stereocenters. The quantitative estimate of drug-likeness (QED) is 0.739. The van der Waals surface area contributed by atoms with Crippen molar-refractivity contribution in [1.29, 1.82) is 0 Å². The van der Waals surface area contributed by atoms with Crippen molar-refractivity contribution >= 4 is 5.91 Å². The van der Waals surface area contributed by atoms with Crippen molar-refractivity contribution in [2.24, 2.45) is 5.73 Å². The molecule has 8 heteroatoms. The molecule has 1 heterocycles. The number of carbonyl (C=O) groups is 1. The number of nitrogens with zero attached hydrogens (tertiary/aromatic N) is 1. The molecule has 0 saturated carbocycles. The Bertz CT molecular complexity index is 697. The van der Waals surface area contributed by atoms with Crippen LogP contribution in [0.5, 0.6) is 11.6 Å². The van der Waals surface area contributed by atoms with E-state index in [0.29, 0.717) is 5.56 Å². The van der Waals surface area contributed by atoms with Crippen LogP contribution in [0, 0.1) is 11.6 Å². The van der Waals surface area contributed by atoms with Gasteiger partial charge in [0.1, 0.15) is 11.8 Å². The normalized spacial score (nSPS) is 11.8. The summed E-state index contributed by atoms with van der Waals surface area (Å²) in [6, 6.07) is 5.35. The van der Waals surface area contributed by atoms with Crippen LogP contribution >= 0.6 is 0 Å². The molecule has 0 bridgehead atoms. The molecule has 1 aromatic carbocycles. The second kappa shape index (κ2) is 7.61. The summed E-state index contributed by atoms with van der Waals surface area (Å²) in [5, 5.41) is 11.3. The van der Waals surface area contributed by atoms with E-state index in [1.165, 1.54) is 12.3 Å². The molecular formula is C15H15F2N3O3. The van der Waals surface area contributed by atoms with Gasteiger partial charge in [-0.05, 0) is 18.2 Å². The summed E-state index contributed by atoms with van der Waals surface area (Å²) in [5.41, 5.74) is 5.90. The second-order valence-electron chi connectivity index (χ2n) is 4.65. The molecule has 1 aromatic heterocycles. The summed E-state index contributed by atoms with van der Waals surface area (Å²) in [7, 11) is 0. The molecule has 6 nitrogen and oxygen atoms in total. The van der Waals surface area contributed by atoms with Crippen LogP contribution in [0.4, 0.5) is 8.78 Å². The maximum Gasteiger partial charge on any atom is 0.239 e. The number of carbonyl (C=O) groups excluding carboxylic acids is 1. The molecule has 0 fully saturated rings. The van der Waals surface area contributed by atoms with Gasteiger partial charge in [-0.2, -0.15) is 0 Å². The number of pyridine rings is 1. The van der Waals surface area contributed by atoms with Gasteiger partial charge in [0.05, 0.1) is 6.61 Å². The Morgan fingerprint density at radius 1 is 1.35 bits per heavy atom. The number of halogens is 2. The lowest BCUT2D eigenvalue weighted by atomic mass is 10.2. The number of rotatable bonds is 6. The number of aromatic nitrogens is 1. The van der Waals surface area contributed by atoms with E-state index in [0.717, 1.165) is 12.1 Å². The summed E-state index contributed by atoms with van der Waals surface area (Å²) in [6.45, 7) is -0.420. The molecule has 23 heavy (non-hydrogen) atoms. The number of nitrogens with one attached hydrogen (secondary N) is 1.